The van der Waals surface area contributed by atoms with E-state index in [1.807, 2.05) is 18.2 Å². The number of hydrogen-bond acceptors (Lipinski definition) is 3. The number of pyridine rings is 1. The van der Waals surface area contributed by atoms with Gasteiger partial charge in [-0.05, 0) is 12.1 Å². The summed E-state index contributed by atoms with van der Waals surface area (Å²) in [7, 11) is 0. The SMILES string of the molecule is CC(CSc1ccccn1)C(=O)O. The van der Waals surface area contributed by atoms with Gasteiger partial charge >= 0.3 is 5.97 Å². The molecule has 1 rings (SSSR count). The number of carbonyl (C=O) groups is 1. The molecule has 0 aliphatic carbocycles. The molecule has 13 heavy (non-hydrogen) atoms. The molecule has 1 unspecified atom stereocenters. The fourth-order valence-electron chi connectivity index (χ4n) is 0.714. The van der Waals surface area contributed by atoms with Crippen LogP contribution in [-0.2, 0) is 4.79 Å². The molecular formula is C9H11NO2S. The molecule has 0 aromatic carbocycles. The van der Waals surface area contributed by atoms with Crippen LogP contribution in [0.15, 0.2) is 29.4 Å². The largest absolute Gasteiger partial charge is 0.481 e. The molecule has 0 saturated carbocycles. The van der Waals surface area contributed by atoms with Crippen LogP contribution in [0.5, 0.6) is 0 Å². The number of thioether (sulfide) groups is 1. The van der Waals surface area contributed by atoms with E-state index in [2.05, 4.69) is 4.98 Å². The Hall–Kier alpha value is -1.03. The van der Waals surface area contributed by atoms with Crippen molar-refractivity contribution < 1.29 is 9.90 Å². The predicted molar refractivity (Wildman–Crippen MR) is 51.8 cm³/mol. The highest BCUT2D eigenvalue weighted by molar-refractivity contribution is 7.99. The van der Waals surface area contributed by atoms with Crippen molar-refractivity contribution in [3.63, 3.8) is 0 Å². The molecule has 70 valence electrons. The van der Waals surface area contributed by atoms with E-state index >= 15 is 0 Å². The molecule has 0 aliphatic heterocycles. The number of carboxylic acid groups (broad SMARTS) is 1. The summed E-state index contributed by atoms with van der Waals surface area (Å²) in [5, 5.41) is 9.50. The summed E-state index contributed by atoms with van der Waals surface area (Å²) < 4.78 is 0. The number of aliphatic carboxylic acids is 1. The zero-order chi connectivity index (χ0) is 9.68. The molecule has 0 bridgehead atoms. The number of aromatic nitrogens is 1. The van der Waals surface area contributed by atoms with Gasteiger partial charge in [0.1, 0.15) is 0 Å². The molecule has 1 aromatic heterocycles. The average molecular weight is 197 g/mol. The van der Waals surface area contributed by atoms with Crippen LogP contribution in [0.2, 0.25) is 0 Å². The molecule has 0 fully saturated rings. The third-order valence-electron chi connectivity index (χ3n) is 1.54. The summed E-state index contributed by atoms with van der Waals surface area (Å²) in [6, 6.07) is 5.60. The topological polar surface area (TPSA) is 50.2 Å². The van der Waals surface area contributed by atoms with Crippen molar-refractivity contribution >= 4 is 17.7 Å². The molecule has 0 aliphatic rings. The van der Waals surface area contributed by atoms with Crippen LogP contribution in [-0.4, -0.2) is 21.8 Å². The Labute approximate surface area is 81.2 Å². The van der Waals surface area contributed by atoms with Crippen LogP contribution >= 0.6 is 11.8 Å². The summed E-state index contributed by atoms with van der Waals surface area (Å²) >= 11 is 1.46. The molecule has 1 N–H and O–H groups in total. The van der Waals surface area contributed by atoms with Gasteiger partial charge < -0.3 is 5.11 Å². The molecule has 1 aromatic rings. The Kier molecular flexibility index (Phi) is 3.76. The van der Waals surface area contributed by atoms with Crippen LogP contribution in [0.1, 0.15) is 6.92 Å². The maximum Gasteiger partial charge on any atom is 0.307 e. The molecule has 0 spiro atoms. The number of hydrogen-bond donors (Lipinski definition) is 1. The van der Waals surface area contributed by atoms with Gasteiger partial charge in [0.15, 0.2) is 0 Å². The van der Waals surface area contributed by atoms with Crippen molar-refractivity contribution in [1.82, 2.24) is 4.98 Å². The Morgan fingerprint density at radius 1 is 1.69 bits per heavy atom. The van der Waals surface area contributed by atoms with E-state index in [4.69, 9.17) is 5.11 Å². The molecule has 3 nitrogen and oxygen atoms in total. The predicted octanol–water partition coefficient (Wildman–Crippen LogP) is 1.89. The van der Waals surface area contributed by atoms with Gasteiger partial charge in [-0.1, -0.05) is 13.0 Å². The average Bonchev–Trinajstić information content (AvgIpc) is 2.15. The second-order valence-electron chi connectivity index (χ2n) is 2.72. The van der Waals surface area contributed by atoms with E-state index < -0.39 is 5.97 Å². The quantitative estimate of drug-likeness (QED) is 0.749. The van der Waals surface area contributed by atoms with Gasteiger partial charge in [0.25, 0.3) is 0 Å². The number of nitrogens with zero attached hydrogens (tertiary/aromatic N) is 1. The standard InChI is InChI=1S/C9H11NO2S/c1-7(9(11)12)6-13-8-4-2-3-5-10-8/h2-5,7H,6H2,1H3,(H,11,12). The Morgan fingerprint density at radius 3 is 3.00 bits per heavy atom. The van der Waals surface area contributed by atoms with E-state index in [0.717, 1.165) is 5.03 Å². The molecule has 1 heterocycles. The summed E-state index contributed by atoms with van der Waals surface area (Å²) in [6.07, 6.45) is 1.70. The van der Waals surface area contributed by atoms with Crippen molar-refractivity contribution in [2.24, 2.45) is 5.92 Å². The summed E-state index contributed by atoms with van der Waals surface area (Å²) in [4.78, 5) is 14.6. The fraction of sp³-hybridized carbons (Fsp3) is 0.333. The molecule has 0 amide bonds. The van der Waals surface area contributed by atoms with Gasteiger partial charge in [0, 0.05) is 11.9 Å². The molecular weight excluding hydrogens is 186 g/mol. The first kappa shape index (κ1) is 10.1. The van der Waals surface area contributed by atoms with E-state index in [0.29, 0.717) is 5.75 Å². The highest BCUT2D eigenvalue weighted by Crippen LogP contribution is 2.17. The maximum absolute atomic E-state index is 10.5. The zero-order valence-electron chi connectivity index (χ0n) is 7.30. The zero-order valence-corrected chi connectivity index (χ0v) is 8.12. The van der Waals surface area contributed by atoms with Crippen molar-refractivity contribution in [2.45, 2.75) is 11.9 Å². The molecule has 4 heteroatoms. The molecule has 1 atom stereocenters. The first-order valence-electron chi connectivity index (χ1n) is 3.97. The van der Waals surface area contributed by atoms with Gasteiger partial charge in [-0.3, -0.25) is 4.79 Å². The van der Waals surface area contributed by atoms with Crippen molar-refractivity contribution in [3.8, 4) is 0 Å². The minimum absolute atomic E-state index is 0.327. The Bertz CT molecular complexity index is 276. The van der Waals surface area contributed by atoms with Crippen molar-refractivity contribution in [3.05, 3.63) is 24.4 Å². The van der Waals surface area contributed by atoms with Crippen LogP contribution in [0, 0.1) is 5.92 Å². The van der Waals surface area contributed by atoms with Gasteiger partial charge in [0.2, 0.25) is 0 Å². The first-order valence-corrected chi connectivity index (χ1v) is 4.95. The van der Waals surface area contributed by atoms with Crippen LogP contribution in [0.3, 0.4) is 0 Å². The van der Waals surface area contributed by atoms with E-state index in [1.165, 1.54) is 11.8 Å². The lowest BCUT2D eigenvalue weighted by Gasteiger charge is -2.03. The third-order valence-corrected chi connectivity index (χ3v) is 2.74. The summed E-state index contributed by atoms with van der Waals surface area (Å²) in [5.74, 6) is -0.526. The maximum atomic E-state index is 10.5. The van der Waals surface area contributed by atoms with Crippen molar-refractivity contribution in [2.75, 3.05) is 5.75 Å². The lowest BCUT2D eigenvalue weighted by atomic mass is 10.2. The van der Waals surface area contributed by atoms with Crippen molar-refractivity contribution in [1.29, 1.82) is 0 Å². The number of rotatable bonds is 4. The van der Waals surface area contributed by atoms with E-state index in [-0.39, 0.29) is 5.92 Å². The molecule has 0 saturated heterocycles. The molecule has 0 radical (unpaired) electrons. The minimum atomic E-state index is -0.761. The van der Waals surface area contributed by atoms with E-state index in [1.54, 1.807) is 13.1 Å². The second-order valence-corrected chi connectivity index (χ2v) is 3.76. The smallest absolute Gasteiger partial charge is 0.307 e. The van der Waals surface area contributed by atoms with Gasteiger partial charge in [-0.25, -0.2) is 4.98 Å². The van der Waals surface area contributed by atoms with Gasteiger partial charge in [-0.15, -0.1) is 11.8 Å². The van der Waals surface area contributed by atoms with Gasteiger partial charge in [0.05, 0.1) is 10.9 Å². The highest BCUT2D eigenvalue weighted by atomic mass is 32.2. The monoisotopic (exact) mass is 197 g/mol. The second kappa shape index (κ2) is 4.87. The van der Waals surface area contributed by atoms with Crippen LogP contribution < -0.4 is 0 Å². The van der Waals surface area contributed by atoms with Gasteiger partial charge in [-0.2, -0.15) is 0 Å². The normalized spacial score (nSPS) is 12.4. The minimum Gasteiger partial charge on any atom is -0.481 e. The number of carboxylic acids is 1. The third kappa shape index (κ3) is 3.46. The first-order chi connectivity index (χ1) is 6.20. The fourth-order valence-corrected chi connectivity index (χ4v) is 1.59. The van der Waals surface area contributed by atoms with E-state index in [9.17, 15) is 4.79 Å². The summed E-state index contributed by atoms with van der Waals surface area (Å²) in [5.41, 5.74) is 0. The summed E-state index contributed by atoms with van der Waals surface area (Å²) in [6.45, 7) is 1.69. The Morgan fingerprint density at radius 2 is 2.46 bits per heavy atom. The highest BCUT2D eigenvalue weighted by Gasteiger charge is 2.10. The lowest BCUT2D eigenvalue weighted by molar-refractivity contribution is -0.140. The Balaban J connectivity index is 2.39. The van der Waals surface area contributed by atoms with Crippen LogP contribution in [0.25, 0.3) is 0 Å². The van der Waals surface area contributed by atoms with Crippen LogP contribution in [0.4, 0.5) is 0 Å². The lowest BCUT2D eigenvalue weighted by Crippen LogP contribution is -2.11.